The van der Waals surface area contributed by atoms with Crippen molar-refractivity contribution in [2.45, 2.75) is 0 Å². The maximum atomic E-state index is 12.8. The average molecular weight is 325 g/mol. The number of pyridine rings is 1. The summed E-state index contributed by atoms with van der Waals surface area (Å²) in [7, 11) is 1.59. The van der Waals surface area contributed by atoms with Gasteiger partial charge in [-0.05, 0) is 30.3 Å². The van der Waals surface area contributed by atoms with Gasteiger partial charge in [-0.25, -0.2) is 4.98 Å². The summed E-state index contributed by atoms with van der Waals surface area (Å²) >= 11 is 1.23. The Kier molecular flexibility index (Phi) is 3.02. The van der Waals surface area contributed by atoms with Crippen LogP contribution in [0.3, 0.4) is 0 Å². The first-order valence-electron chi connectivity index (χ1n) is 6.85. The van der Waals surface area contributed by atoms with Crippen molar-refractivity contribution in [3.63, 3.8) is 0 Å². The Balaban J connectivity index is 2.01. The lowest BCUT2D eigenvalue weighted by molar-refractivity contribution is 0.414. The van der Waals surface area contributed by atoms with E-state index in [9.17, 15) is 9.59 Å². The van der Waals surface area contributed by atoms with Gasteiger partial charge < -0.3 is 9.72 Å². The molecule has 1 N–H and O–H groups in total. The number of methoxy groups -OCH3 is 1. The molecule has 6 nitrogen and oxygen atoms in total. The molecule has 3 aromatic heterocycles. The molecule has 7 heteroatoms. The molecule has 0 saturated heterocycles. The SMILES string of the molecule is COc1ccc(-n2ccc3c(sc4nc[nH]c(=O)c43)c2=O)cc1. The van der Waals surface area contributed by atoms with Crippen molar-refractivity contribution < 1.29 is 4.74 Å². The summed E-state index contributed by atoms with van der Waals surface area (Å²) < 4.78 is 7.19. The molecular weight excluding hydrogens is 314 g/mol. The Morgan fingerprint density at radius 3 is 2.70 bits per heavy atom. The summed E-state index contributed by atoms with van der Waals surface area (Å²) in [6, 6.07) is 8.98. The minimum absolute atomic E-state index is 0.171. The van der Waals surface area contributed by atoms with Crippen LogP contribution in [-0.2, 0) is 0 Å². The quantitative estimate of drug-likeness (QED) is 0.613. The Morgan fingerprint density at radius 2 is 1.96 bits per heavy atom. The lowest BCUT2D eigenvalue weighted by Gasteiger charge is -2.06. The third-order valence-corrected chi connectivity index (χ3v) is 4.79. The highest BCUT2D eigenvalue weighted by molar-refractivity contribution is 7.25. The number of nitrogens with one attached hydrogen (secondary N) is 1. The topological polar surface area (TPSA) is 77.0 Å². The number of nitrogens with zero attached hydrogens (tertiary/aromatic N) is 2. The highest BCUT2D eigenvalue weighted by atomic mass is 32.1. The van der Waals surface area contributed by atoms with Crippen molar-refractivity contribution in [2.75, 3.05) is 7.11 Å². The second-order valence-corrected chi connectivity index (χ2v) is 5.94. The summed E-state index contributed by atoms with van der Waals surface area (Å²) in [6.45, 7) is 0. The first kappa shape index (κ1) is 13.7. The summed E-state index contributed by atoms with van der Waals surface area (Å²) in [4.78, 5) is 32.0. The van der Waals surface area contributed by atoms with Crippen molar-refractivity contribution >= 4 is 31.6 Å². The molecule has 0 saturated carbocycles. The third kappa shape index (κ3) is 2.05. The van der Waals surface area contributed by atoms with E-state index in [0.717, 1.165) is 11.4 Å². The van der Waals surface area contributed by atoms with Gasteiger partial charge in [0.15, 0.2) is 0 Å². The standard InChI is InChI=1S/C16H11N3O3S/c1-22-10-4-2-9(3-5-10)19-7-6-11-12-14(20)17-8-18-15(12)23-13(11)16(19)21/h2-8H,1H3,(H,17,18,20). The smallest absolute Gasteiger partial charge is 0.273 e. The zero-order valence-electron chi connectivity index (χ0n) is 12.1. The molecule has 0 bridgehead atoms. The number of hydrogen-bond donors (Lipinski definition) is 1. The minimum atomic E-state index is -0.233. The molecule has 114 valence electrons. The summed E-state index contributed by atoms with van der Waals surface area (Å²) in [5.41, 5.74) is 0.329. The fourth-order valence-corrected chi connectivity index (χ4v) is 3.62. The molecule has 1 aromatic carbocycles. The number of H-pyrrole nitrogens is 1. The number of hydrogen-bond acceptors (Lipinski definition) is 5. The van der Waals surface area contributed by atoms with Crippen LogP contribution < -0.4 is 15.9 Å². The van der Waals surface area contributed by atoms with Gasteiger partial charge in [0, 0.05) is 17.3 Å². The van der Waals surface area contributed by atoms with E-state index in [0.29, 0.717) is 20.3 Å². The highest BCUT2D eigenvalue weighted by Crippen LogP contribution is 2.27. The van der Waals surface area contributed by atoms with Gasteiger partial charge in [0.1, 0.15) is 15.3 Å². The number of ether oxygens (including phenoxy) is 1. The predicted octanol–water partition coefficient (Wildman–Crippen LogP) is 2.30. The summed E-state index contributed by atoms with van der Waals surface area (Å²) in [5.74, 6) is 0.723. The first-order chi connectivity index (χ1) is 11.2. The van der Waals surface area contributed by atoms with E-state index in [2.05, 4.69) is 9.97 Å². The molecule has 23 heavy (non-hydrogen) atoms. The Bertz CT molecular complexity index is 1140. The number of aromatic nitrogens is 3. The Hall–Kier alpha value is -2.93. The van der Waals surface area contributed by atoms with Crippen LogP contribution in [0, 0.1) is 0 Å². The molecule has 0 atom stereocenters. The molecule has 0 fully saturated rings. The largest absolute Gasteiger partial charge is 0.497 e. The average Bonchev–Trinajstić information content (AvgIpc) is 2.96. The van der Waals surface area contributed by atoms with Crippen molar-refractivity contribution in [1.82, 2.24) is 14.5 Å². The van der Waals surface area contributed by atoms with E-state index in [1.807, 2.05) is 12.1 Å². The maximum Gasteiger partial charge on any atom is 0.273 e. The molecule has 4 aromatic rings. The lowest BCUT2D eigenvalue weighted by atomic mass is 10.2. The first-order valence-corrected chi connectivity index (χ1v) is 7.66. The highest BCUT2D eigenvalue weighted by Gasteiger charge is 2.14. The number of aromatic amines is 1. The van der Waals surface area contributed by atoms with E-state index in [1.54, 1.807) is 36.1 Å². The second kappa shape index (κ2) is 5.06. The van der Waals surface area contributed by atoms with Crippen molar-refractivity contribution in [2.24, 2.45) is 0 Å². The summed E-state index contributed by atoms with van der Waals surface area (Å²) in [5, 5.41) is 1.10. The van der Waals surface area contributed by atoms with Gasteiger partial charge in [0.05, 0.1) is 18.8 Å². The monoisotopic (exact) mass is 325 g/mol. The Labute approximate surface area is 133 Å². The molecule has 0 radical (unpaired) electrons. The van der Waals surface area contributed by atoms with Crippen LogP contribution in [0.4, 0.5) is 0 Å². The maximum absolute atomic E-state index is 12.8. The van der Waals surface area contributed by atoms with Crippen LogP contribution in [0.25, 0.3) is 26.0 Å². The van der Waals surface area contributed by atoms with Gasteiger partial charge in [0.25, 0.3) is 11.1 Å². The van der Waals surface area contributed by atoms with Gasteiger partial charge in [0.2, 0.25) is 0 Å². The van der Waals surface area contributed by atoms with Crippen LogP contribution in [0.15, 0.2) is 52.4 Å². The van der Waals surface area contributed by atoms with E-state index >= 15 is 0 Å². The van der Waals surface area contributed by atoms with Gasteiger partial charge in [-0.1, -0.05) is 0 Å². The van der Waals surface area contributed by atoms with Crippen LogP contribution in [-0.4, -0.2) is 21.6 Å². The number of benzene rings is 1. The van der Waals surface area contributed by atoms with Gasteiger partial charge >= 0.3 is 0 Å². The molecule has 0 spiro atoms. The van der Waals surface area contributed by atoms with Crippen LogP contribution in [0.5, 0.6) is 5.75 Å². The molecule has 0 aliphatic rings. The molecule has 0 aliphatic heterocycles. The van der Waals surface area contributed by atoms with Crippen molar-refractivity contribution in [3.8, 4) is 11.4 Å². The van der Waals surface area contributed by atoms with Gasteiger partial charge in [-0.3, -0.25) is 14.2 Å². The van der Waals surface area contributed by atoms with Crippen molar-refractivity contribution in [3.05, 3.63) is 63.6 Å². The van der Waals surface area contributed by atoms with E-state index in [-0.39, 0.29) is 11.1 Å². The number of thiophene rings is 1. The fourth-order valence-electron chi connectivity index (χ4n) is 2.55. The van der Waals surface area contributed by atoms with E-state index < -0.39 is 0 Å². The summed E-state index contributed by atoms with van der Waals surface area (Å²) in [6.07, 6.45) is 3.02. The van der Waals surface area contributed by atoms with Crippen LogP contribution in [0.1, 0.15) is 0 Å². The van der Waals surface area contributed by atoms with Gasteiger partial charge in [-0.15, -0.1) is 11.3 Å². The fraction of sp³-hybridized carbons (Fsp3) is 0.0625. The molecule has 0 amide bonds. The lowest BCUT2D eigenvalue weighted by Crippen LogP contribution is -2.16. The van der Waals surface area contributed by atoms with Crippen LogP contribution in [0.2, 0.25) is 0 Å². The van der Waals surface area contributed by atoms with Crippen molar-refractivity contribution in [1.29, 1.82) is 0 Å². The number of fused-ring (bicyclic) bond motifs is 3. The predicted molar refractivity (Wildman–Crippen MR) is 89.9 cm³/mol. The molecule has 3 heterocycles. The molecule has 0 unspecified atom stereocenters. The van der Waals surface area contributed by atoms with Gasteiger partial charge in [-0.2, -0.15) is 0 Å². The molecule has 4 rings (SSSR count). The number of rotatable bonds is 2. The molecular formula is C16H11N3O3S. The zero-order valence-corrected chi connectivity index (χ0v) is 12.9. The zero-order chi connectivity index (χ0) is 16.0. The minimum Gasteiger partial charge on any atom is -0.497 e. The second-order valence-electron chi connectivity index (χ2n) is 4.95. The van der Waals surface area contributed by atoms with E-state index in [1.165, 1.54) is 17.7 Å². The third-order valence-electron chi connectivity index (χ3n) is 3.68. The van der Waals surface area contributed by atoms with Crippen LogP contribution >= 0.6 is 11.3 Å². The van der Waals surface area contributed by atoms with E-state index in [4.69, 9.17) is 4.74 Å². The normalized spacial score (nSPS) is 11.2. The Morgan fingerprint density at radius 1 is 1.17 bits per heavy atom. The molecule has 0 aliphatic carbocycles.